The van der Waals surface area contributed by atoms with Crippen LogP contribution in [-0.2, 0) is 0 Å². The molecule has 3 aliphatic rings. The second kappa shape index (κ2) is 4.82. The standard InChI is InChI=1S/C26H14N7O2/c1-13-12-18-17-5-2-6-20-31(17)33(32(18)28-13)24-19(35-20)8-7-15-23(24)30-22-16(25(15)34)9-10-27-21(22)14-4-3-11-29(33)26(14)30/h2-12H,1H3/q+3. The zero-order valence-electron chi connectivity index (χ0n) is 18.3. The van der Waals surface area contributed by atoms with Crippen LogP contribution in [0.25, 0.3) is 49.7 Å². The highest BCUT2D eigenvalue weighted by Gasteiger charge is 2.70. The van der Waals surface area contributed by atoms with Crippen LogP contribution in [-0.4, -0.2) is 19.3 Å². The van der Waals surface area contributed by atoms with Gasteiger partial charge in [0, 0.05) is 21.7 Å². The molecule has 1 aromatic carbocycles. The van der Waals surface area contributed by atoms with Crippen molar-refractivity contribution in [3.63, 3.8) is 0 Å². The molecule has 0 fully saturated rings. The first-order valence-corrected chi connectivity index (χ1v) is 11.5. The lowest BCUT2D eigenvalue weighted by Gasteiger charge is -2.28. The van der Waals surface area contributed by atoms with Gasteiger partial charge in [-0.3, -0.25) is 9.78 Å². The second-order valence-electron chi connectivity index (χ2n) is 9.41. The Balaban J connectivity index is 1.64. The molecule has 1 atom stereocenters. The van der Waals surface area contributed by atoms with E-state index < -0.39 is 0 Å². The number of aryl methyl sites for hydroxylation is 1. The Morgan fingerprint density at radius 3 is 2.86 bits per heavy atom. The molecule has 3 aliphatic heterocycles. The molecule has 162 valence electrons. The van der Waals surface area contributed by atoms with E-state index in [2.05, 4.69) is 38.1 Å². The number of ether oxygens (including phenoxy) is 1. The van der Waals surface area contributed by atoms with Crippen LogP contribution in [0.4, 0.5) is 5.69 Å². The average Bonchev–Trinajstić information content (AvgIpc) is 3.51. The zero-order valence-corrected chi connectivity index (χ0v) is 18.3. The van der Waals surface area contributed by atoms with Gasteiger partial charge < -0.3 is 4.74 Å². The number of fused-ring (bicyclic) bond motifs is 3. The lowest BCUT2D eigenvalue weighted by atomic mass is 10.1. The molecule has 0 saturated carbocycles. The molecule has 1 spiro atoms. The van der Waals surface area contributed by atoms with E-state index in [1.807, 2.05) is 48.1 Å². The van der Waals surface area contributed by atoms with E-state index in [0.717, 1.165) is 50.4 Å². The highest BCUT2D eigenvalue weighted by molar-refractivity contribution is 6.15. The number of aromatic nitrogens is 6. The van der Waals surface area contributed by atoms with Crippen molar-refractivity contribution in [2.45, 2.75) is 6.92 Å². The summed E-state index contributed by atoms with van der Waals surface area (Å²) in [6.45, 7) is 2.01. The zero-order chi connectivity index (χ0) is 22.8. The van der Waals surface area contributed by atoms with Crippen LogP contribution in [0.1, 0.15) is 5.69 Å². The van der Waals surface area contributed by atoms with E-state index in [0.29, 0.717) is 22.4 Å². The Labute approximate surface area is 195 Å². The molecule has 0 amide bonds. The van der Waals surface area contributed by atoms with Gasteiger partial charge in [-0.25, -0.2) is 0 Å². The Hall–Kier alpha value is -4.89. The van der Waals surface area contributed by atoms with Gasteiger partial charge >= 0.3 is 22.9 Å². The third-order valence-corrected chi connectivity index (χ3v) is 7.75. The highest BCUT2D eigenvalue weighted by Crippen LogP contribution is 2.49. The smallest absolute Gasteiger partial charge is 0.394 e. The normalized spacial score (nSPS) is 18.3. The summed E-state index contributed by atoms with van der Waals surface area (Å²) in [7, 11) is 0. The molecule has 0 saturated heterocycles. The molecule has 9 heteroatoms. The minimum atomic E-state index is -0.00254. The van der Waals surface area contributed by atoms with Crippen LogP contribution in [0.3, 0.4) is 0 Å². The summed E-state index contributed by atoms with van der Waals surface area (Å²) in [6, 6.07) is 17.9. The number of hydrogen-bond donors (Lipinski definition) is 0. The molecule has 10 rings (SSSR count). The number of hydrogen-bond acceptors (Lipinski definition) is 4. The van der Waals surface area contributed by atoms with Gasteiger partial charge in [-0.05, 0) is 49.4 Å². The summed E-state index contributed by atoms with van der Waals surface area (Å²) in [6.07, 6.45) is 3.80. The van der Waals surface area contributed by atoms with Crippen molar-refractivity contribution < 1.29 is 14.1 Å². The van der Waals surface area contributed by atoms with Gasteiger partial charge in [0.2, 0.25) is 27.2 Å². The summed E-state index contributed by atoms with van der Waals surface area (Å²) in [5.41, 5.74) is 7.17. The molecular weight excluding hydrogens is 442 g/mol. The first-order valence-electron chi connectivity index (χ1n) is 11.5. The SMILES string of the molecule is Cc1cc2n(n1)[N+]13c4c(ccc5c(=O)c6ccnc7c8ccc[n+]1c8n(c45)c67)Oc1cccc-2[n+]13. The van der Waals surface area contributed by atoms with Crippen molar-refractivity contribution in [3.05, 3.63) is 82.9 Å². The van der Waals surface area contributed by atoms with E-state index in [1.54, 1.807) is 6.20 Å². The molecule has 0 aliphatic carbocycles. The molecule has 6 aromatic heterocycles. The fourth-order valence-corrected chi connectivity index (χ4v) is 6.60. The van der Waals surface area contributed by atoms with E-state index >= 15 is 0 Å². The Morgan fingerprint density at radius 1 is 1.00 bits per heavy atom. The van der Waals surface area contributed by atoms with Gasteiger partial charge in [0.1, 0.15) is 15.6 Å². The molecule has 35 heavy (non-hydrogen) atoms. The Morgan fingerprint density at radius 2 is 1.91 bits per heavy atom. The molecule has 7 aromatic rings. The number of pyridine rings is 4. The minimum absolute atomic E-state index is 0.00254. The lowest BCUT2D eigenvalue weighted by molar-refractivity contribution is -1.05. The third kappa shape index (κ3) is 1.43. The second-order valence-corrected chi connectivity index (χ2v) is 9.41. The van der Waals surface area contributed by atoms with Crippen molar-refractivity contribution >= 4 is 44.0 Å². The van der Waals surface area contributed by atoms with Crippen molar-refractivity contribution in [2.75, 3.05) is 0 Å². The molecule has 0 radical (unpaired) electrons. The first-order chi connectivity index (χ1) is 17.2. The van der Waals surface area contributed by atoms with E-state index in [-0.39, 0.29) is 10.2 Å². The summed E-state index contributed by atoms with van der Waals surface area (Å²) in [5, 5.41) is 7.31. The van der Waals surface area contributed by atoms with Crippen LogP contribution < -0.4 is 24.3 Å². The van der Waals surface area contributed by atoms with Gasteiger partial charge in [0.25, 0.3) is 0 Å². The summed E-state index contributed by atoms with van der Waals surface area (Å²) in [4.78, 5) is 20.7. The van der Waals surface area contributed by atoms with E-state index in [1.165, 1.54) is 0 Å². The lowest BCUT2D eigenvalue weighted by Crippen LogP contribution is -2.88. The largest absolute Gasteiger partial charge is 0.438 e. The van der Waals surface area contributed by atoms with Crippen LogP contribution in [0.2, 0.25) is 0 Å². The average molecular weight is 456 g/mol. The van der Waals surface area contributed by atoms with Crippen molar-refractivity contribution in [1.29, 1.82) is 0 Å². The molecule has 1 unspecified atom stereocenters. The fraction of sp³-hybridized carbons (Fsp3) is 0.0385. The van der Waals surface area contributed by atoms with E-state index in [9.17, 15) is 4.79 Å². The maximum atomic E-state index is 13.8. The van der Waals surface area contributed by atoms with Crippen LogP contribution in [0.15, 0.2) is 71.8 Å². The van der Waals surface area contributed by atoms with E-state index in [4.69, 9.17) is 14.8 Å². The first kappa shape index (κ1) is 16.7. The molecule has 0 N–H and O–H groups in total. The maximum Gasteiger partial charge on any atom is 0.438 e. The highest BCUT2D eigenvalue weighted by atomic mass is 16.5. The number of rotatable bonds is 0. The van der Waals surface area contributed by atoms with Gasteiger partial charge in [-0.2, -0.15) is 4.40 Å². The summed E-state index contributed by atoms with van der Waals surface area (Å²) < 4.78 is 13.1. The van der Waals surface area contributed by atoms with Gasteiger partial charge in [-0.15, -0.1) is 5.10 Å². The number of benzene rings is 1. The topological polar surface area (TPSA) is 69.2 Å². The van der Waals surface area contributed by atoms with Crippen LogP contribution in [0.5, 0.6) is 11.6 Å². The molecular formula is C26H14N7O2+3. The Bertz CT molecular complexity index is 2250. The molecule has 9 nitrogen and oxygen atoms in total. The van der Waals surface area contributed by atoms with Crippen molar-refractivity contribution in [1.82, 2.24) is 24.1 Å². The fourth-order valence-electron chi connectivity index (χ4n) is 6.60. The maximum absolute atomic E-state index is 13.8. The molecule has 9 heterocycles. The predicted octanol–water partition coefficient (Wildman–Crippen LogP) is 2.77. The van der Waals surface area contributed by atoms with Gasteiger partial charge in [0.15, 0.2) is 11.7 Å². The van der Waals surface area contributed by atoms with Gasteiger partial charge in [-0.1, -0.05) is 0 Å². The third-order valence-electron chi connectivity index (χ3n) is 7.75. The summed E-state index contributed by atoms with van der Waals surface area (Å²) >= 11 is 0. The van der Waals surface area contributed by atoms with Crippen molar-refractivity contribution in [2.24, 2.45) is 0 Å². The van der Waals surface area contributed by atoms with Crippen LogP contribution >= 0.6 is 0 Å². The quantitative estimate of drug-likeness (QED) is 0.200. The number of nitrogens with zero attached hydrogens (tertiary/aromatic N) is 7. The number of quaternary nitrogens is 1. The Kier molecular flexibility index (Phi) is 2.30. The predicted molar refractivity (Wildman–Crippen MR) is 126 cm³/mol. The van der Waals surface area contributed by atoms with Gasteiger partial charge in [0.05, 0.1) is 22.5 Å². The van der Waals surface area contributed by atoms with Crippen LogP contribution in [0, 0.1) is 6.92 Å². The van der Waals surface area contributed by atoms with Crippen molar-refractivity contribution in [3.8, 4) is 23.0 Å². The minimum Gasteiger partial charge on any atom is -0.394 e. The molecule has 0 bridgehead atoms. The summed E-state index contributed by atoms with van der Waals surface area (Å²) in [5.74, 6) is 1.40. The monoisotopic (exact) mass is 456 g/mol.